The van der Waals surface area contributed by atoms with Gasteiger partial charge in [-0.2, -0.15) is 0 Å². The van der Waals surface area contributed by atoms with Crippen LogP contribution in [0.25, 0.3) is 0 Å². The van der Waals surface area contributed by atoms with E-state index in [4.69, 9.17) is 11.6 Å². The first-order chi connectivity index (χ1) is 10.0. The van der Waals surface area contributed by atoms with Gasteiger partial charge in [0.2, 0.25) is 0 Å². The van der Waals surface area contributed by atoms with Gasteiger partial charge in [-0.05, 0) is 19.4 Å². The molecule has 1 amide bonds. The van der Waals surface area contributed by atoms with Crippen molar-refractivity contribution >= 4 is 23.2 Å². The monoisotopic (exact) mass is 312 g/mol. The number of halogens is 1. The van der Waals surface area contributed by atoms with E-state index >= 15 is 0 Å². The number of nitrogens with zero attached hydrogens (tertiary/aromatic N) is 3. The molecule has 0 saturated carbocycles. The van der Waals surface area contributed by atoms with E-state index in [0.29, 0.717) is 6.54 Å². The molecular formula is C13H17ClN4O3. The summed E-state index contributed by atoms with van der Waals surface area (Å²) in [4.78, 5) is 28.4. The topological polar surface area (TPSA) is 88.4 Å². The number of carbonyl (C=O) groups is 1. The second-order valence-corrected chi connectivity index (χ2v) is 5.29. The zero-order valence-corrected chi connectivity index (χ0v) is 12.5. The number of hydrogen-bond acceptors (Lipinski definition) is 5. The first-order valence-corrected chi connectivity index (χ1v) is 7.24. The van der Waals surface area contributed by atoms with E-state index < -0.39 is 4.92 Å². The number of hydrogen-bond donors (Lipinski definition) is 1. The second kappa shape index (κ2) is 6.82. The van der Waals surface area contributed by atoms with E-state index in [2.05, 4.69) is 10.3 Å². The van der Waals surface area contributed by atoms with Gasteiger partial charge in [-0.1, -0.05) is 18.5 Å². The number of aromatic nitrogens is 1. The third-order valence-electron chi connectivity index (χ3n) is 3.47. The van der Waals surface area contributed by atoms with Crippen LogP contribution in [0.1, 0.15) is 30.1 Å². The Hall–Kier alpha value is -1.73. The lowest BCUT2D eigenvalue weighted by Gasteiger charge is -2.28. The molecule has 8 heteroatoms. The summed E-state index contributed by atoms with van der Waals surface area (Å²) in [5.41, 5.74) is -0.144. The van der Waals surface area contributed by atoms with Crippen LogP contribution in [-0.2, 0) is 0 Å². The van der Waals surface area contributed by atoms with Crippen LogP contribution in [0.4, 0.5) is 5.69 Å². The number of pyridine rings is 1. The molecule has 1 N–H and O–H groups in total. The summed E-state index contributed by atoms with van der Waals surface area (Å²) in [5.74, 6) is -0.299. The number of nitrogens with one attached hydrogen (secondary N) is 1. The first kappa shape index (κ1) is 15.7. The third-order valence-corrected chi connectivity index (χ3v) is 3.77. The predicted octanol–water partition coefficient (Wildman–Crippen LogP) is 1.86. The quantitative estimate of drug-likeness (QED) is 0.509. The Bertz CT molecular complexity index is 546. The molecule has 2 heterocycles. The van der Waals surface area contributed by atoms with Crippen molar-refractivity contribution in [3.63, 3.8) is 0 Å². The van der Waals surface area contributed by atoms with Crippen LogP contribution in [0.3, 0.4) is 0 Å². The van der Waals surface area contributed by atoms with E-state index in [1.165, 1.54) is 6.07 Å². The van der Waals surface area contributed by atoms with Crippen molar-refractivity contribution in [2.75, 3.05) is 19.6 Å². The van der Waals surface area contributed by atoms with E-state index in [1.54, 1.807) is 4.90 Å². The Labute approximate surface area is 127 Å². The van der Waals surface area contributed by atoms with Crippen molar-refractivity contribution in [1.82, 2.24) is 15.2 Å². The molecule has 1 fully saturated rings. The van der Waals surface area contributed by atoms with Gasteiger partial charge in [-0.3, -0.25) is 14.9 Å². The number of rotatable bonds is 5. The molecular weight excluding hydrogens is 296 g/mol. The van der Waals surface area contributed by atoms with Crippen LogP contribution >= 0.6 is 11.6 Å². The molecule has 0 spiro atoms. The molecule has 1 unspecified atom stereocenters. The van der Waals surface area contributed by atoms with Crippen molar-refractivity contribution in [1.29, 1.82) is 0 Å². The zero-order valence-electron chi connectivity index (χ0n) is 11.7. The molecule has 21 heavy (non-hydrogen) atoms. The highest BCUT2D eigenvalue weighted by Gasteiger charge is 2.29. The van der Waals surface area contributed by atoms with Crippen molar-refractivity contribution < 1.29 is 9.72 Å². The van der Waals surface area contributed by atoms with Crippen molar-refractivity contribution in [2.45, 2.75) is 25.8 Å². The van der Waals surface area contributed by atoms with Gasteiger partial charge < -0.3 is 10.2 Å². The minimum Gasteiger partial charge on any atom is -0.334 e. The molecule has 1 atom stereocenters. The maximum Gasteiger partial charge on any atom is 0.288 e. The third kappa shape index (κ3) is 3.48. The Kier molecular flexibility index (Phi) is 5.08. The maximum atomic E-state index is 12.7. The summed E-state index contributed by atoms with van der Waals surface area (Å²) >= 11 is 5.95. The van der Waals surface area contributed by atoms with E-state index in [-0.39, 0.29) is 28.4 Å². The fourth-order valence-electron chi connectivity index (χ4n) is 2.44. The van der Waals surface area contributed by atoms with Crippen LogP contribution in [-0.4, -0.2) is 46.4 Å². The SMILES string of the molecule is CCCN(C(=O)c1cc([N+](=O)[O-])cnc1Cl)C1CCNC1. The van der Waals surface area contributed by atoms with Crippen LogP contribution in [0, 0.1) is 10.1 Å². The Morgan fingerprint density at radius 3 is 3.00 bits per heavy atom. The lowest BCUT2D eigenvalue weighted by atomic mass is 10.1. The molecule has 2 rings (SSSR count). The molecule has 0 aliphatic carbocycles. The Morgan fingerprint density at radius 2 is 2.43 bits per heavy atom. The van der Waals surface area contributed by atoms with Gasteiger partial charge >= 0.3 is 0 Å². The second-order valence-electron chi connectivity index (χ2n) is 4.93. The molecule has 7 nitrogen and oxygen atoms in total. The number of nitro groups is 1. The summed E-state index contributed by atoms with van der Waals surface area (Å²) in [6.45, 7) is 4.16. The van der Waals surface area contributed by atoms with Gasteiger partial charge in [-0.15, -0.1) is 0 Å². The first-order valence-electron chi connectivity index (χ1n) is 6.86. The molecule has 1 aliphatic heterocycles. The van der Waals surface area contributed by atoms with Crippen LogP contribution < -0.4 is 5.32 Å². The zero-order chi connectivity index (χ0) is 15.4. The molecule has 0 radical (unpaired) electrons. The van der Waals surface area contributed by atoms with Crippen molar-refractivity contribution in [3.05, 3.63) is 33.1 Å². The molecule has 0 bridgehead atoms. The smallest absolute Gasteiger partial charge is 0.288 e. The van der Waals surface area contributed by atoms with Crippen LogP contribution in [0.15, 0.2) is 12.3 Å². The van der Waals surface area contributed by atoms with Gasteiger partial charge in [0, 0.05) is 25.2 Å². The minimum atomic E-state index is -0.582. The van der Waals surface area contributed by atoms with Crippen molar-refractivity contribution in [2.24, 2.45) is 0 Å². The van der Waals surface area contributed by atoms with Gasteiger partial charge in [0.1, 0.15) is 11.3 Å². The van der Waals surface area contributed by atoms with Gasteiger partial charge in [0.25, 0.3) is 11.6 Å². The lowest BCUT2D eigenvalue weighted by molar-refractivity contribution is -0.385. The normalized spacial score (nSPS) is 17.7. The molecule has 1 aliphatic rings. The summed E-state index contributed by atoms with van der Waals surface area (Å²) in [5, 5.41) is 14.0. The highest BCUT2D eigenvalue weighted by molar-refractivity contribution is 6.32. The maximum absolute atomic E-state index is 12.7. The highest BCUT2D eigenvalue weighted by atomic mass is 35.5. The van der Waals surface area contributed by atoms with Gasteiger partial charge in [0.15, 0.2) is 0 Å². The molecule has 114 valence electrons. The van der Waals surface area contributed by atoms with Crippen molar-refractivity contribution in [3.8, 4) is 0 Å². The predicted molar refractivity (Wildman–Crippen MR) is 78.5 cm³/mol. The summed E-state index contributed by atoms with van der Waals surface area (Å²) in [7, 11) is 0. The lowest BCUT2D eigenvalue weighted by Crippen LogP contribution is -2.42. The standard InChI is InChI=1S/C13H17ClN4O3/c1-2-5-17(9-3-4-15-7-9)13(19)11-6-10(18(20)21)8-16-12(11)14/h6,8-9,15H,2-5,7H2,1H3. The van der Waals surface area contributed by atoms with Crippen LogP contribution in [0.2, 0.25) is 5.15 Å². The van der Waals surface area contributed by atoms with Crippen LogP contribution in [0.5, 0.6) is 0 Å². The molecule has 0 aromatic carbocycles. The molecule has 1 aromatic rings. The Morgan fingerprint density at radius 1 is 1.67 bits per heavy atom. The molecule has 1 aromatic heterocycles. The van der Waals surface area contributed by atoms with Gasteiger partial charge in [0.05, 0.1) is 10.5 Å². The van der Waals surface area contributed by atoms with Gasteiger partial charge in [-0.25, -0.2) is 4.98 Å². The number of carbonyl (C=O) groups excluding carboxylic acids is 1. The van der Waals surface area contributed by atoms with E-state index in [1.807, 2.05) is 6.92 Å². The largest absolute Gasteiger partial charge is 0.334 e. The average Bonchev–Trinajstić information content (AvgIpc) is 2.98. The summed E-state index contributed by atoms with van der Waals surface area (Å²) < 4.78 is 0. The highest BCUT2D eigenvalue weighted by Crippen LogP contribution is 2.22. The summed E-state index contributed by atoms with van der Waals surface area (Å²) in [6, 6.07) is 1.29. The minimum absolute atomic E-state index is 0.00217. The fraction of sp³-hybridized carbons (Fsp3) is 0.538. The molecule has 1 saturated heterocycles. The number of amides is 1. The van der Waals surface area contributed by atoms with E-state index in [0.717, 1.165) is 32.1 Å². The Balaban J connectivity index is 2.31. The fourth-order valence-corrected chi connectivity index (χ4v) is 2.62. The summed E-state index contributed by atoms with van der Waals surface area (Å²) in [6.07, 6.45) is 2.73. The van der Waals surface area contributed by atoms with E-state index in [9.17, 15) is 14.9 Å². The average molecular weight is 313 g/mol.